The molecule has 0 aromatic heterocycles. The number of hydrogen-bond donors (Lipinski definition) is 2. The number of primary amides is 1. The van der Waals surface area contributed by atoms with Crippen molar-refractivity contribution in [1.82, 2.24) is 5.32 Å². The summed E-state index contributed by atoms with van der Waals surface area (Å²) in [6.45, 7) is 0.441. The van der Waals surface area contributed by atoms with Crippen LogP contribution in [0.3, 0.4) is 0 Å². The average Bonchev–Trinajstić information content (AvgIpc) is 2.59. The predicted octanol–water partition coefficient (Wildman–Crippen LogP) is 2.77. The van der Waals surface area contributed by atoms with Crippen LogP contribution in [0.5, 0.6) is 0 Å². The lowest BCUT2D eigenvalue weighted by Gasteiger charge is -2.25. The summed E-state index contributed by atoms with van der Waals surface area (Å²) in [5.74, 6) is -1.66. The Morgan fingerprint density at radius 2 is 2.00 bits per heavy atom. The normalized spacial score (nSPS) is 16.3. The molecule has 0 fully saturated rings. The first-order chi connectivity index (χ1) is 11.6. The summed E-state index contributed by atoms with van der Waals surface area (Å²) in [6, 6.07) is 11.8. The summed E-state index contributed by atoms with van der Waals surface area (Å²) < 4.78 is 13.9. The van der Waals surface area contributed by atoms with Gasteiger partial charge in [-0.25, -0.2) is 4.39 Å². The van der Waals surface area contributed by atoms with Gasteiger partial charge < -0.3 is 11.1 Å². The Hall–Kier alpha value is -2.69. The molecule has 3 N–H and O–H groups in total. The van der Waals surface area contributed by atoms with Crippen molar-refractivity contribution in [2.45, 2.75) is 25.2 Å². The van der Waals surface area contributed by atoms with Gasteiger partial charge in [0, 0.05) is 18.0 Å². The van der Waals surface area contributed by atoms with Crippen molar-refractivity contribution in [3.63, 3.8) is 0 Å². The van der Waals surface area contributed by atoms with Crippen LogP contribution in [-0.2, 0) is 6.42 Å². The zero-order valence-corrected chi connectivity index (χ0v) is 13.2. The Kier molecular flexibility index (Phi) is 4.60. The number of hydrogen-bond acceptors (Lipinski definition) is 2. The van der Waals surface area contributed by atoms with Crippen LogP contribution >= 0.6 is 0 Å². The van der Waals surface area contributed by atoms with Crippen molar-refractivity contribution in [2.24, 2.45) is 5.73 Å². The fourth-order valence-electron chi connectivity index (χ4n) is 3.23. The molecule has 0 radical (unpaired) electrons. The van der Waals surface area contributed by atoms with Gasteiger partial charge in [-0.3, -0.25) is 9.59 Å². The number of halogens is 1. The number of fused-ring (bicyclic) bond motifs is 1. The van der Waals surface area contributed by atoms with E-state index in [9.17, 15) is 14.0 Å². The number of carbonyl (C=O) groups is 2. The predicted molar refractivity (Wildman–Crippen MR) is 89.4 cm³/mol. The van der Waals surface area contributed by atoms with Crippen LogP contribution in [0, 0.1) is 5.82 Å². The Bertz CT molecular complexity index is 789. The number of rotatable bonds is 4. The van der Waals surface area contributed by atoms with Crippen LogP contribution in [-0.4, -0.2) is 18.4 Å². The summed E-state index contributed by atoms with van der Waals surface area (Å²) >= 11 is 0. The van der Waals surface area contributed by atoms with E-state index in [-0.39, 0.29) is 17.0 Å². The minimum Gasteiger partial charge on any atom is -0.366 e. The molecule has 4 nitrogen and oxygen atoms in total. The maximum absolute atomic E-state index is 13.9. The van der Waals surface area contributed by atoms with Crippen molar-refractivity contribution in [3.8, 4) is 0 Å². The highest BCUT2D eigenvalue weighted by atomic mass is 19.1. The van der Waals surface area contributed by atoms with Crippen LogP contribution in [0.1, 0.15) is 50.6 Å². The minimum absolute atomic E-state index is 0.115. The molecule has 0 saturated heterocycles. The summed E-state index contributed by atoms with van der Waals surface area (Å²) in [4.78, 5) is 23.5. The van der Waals surface area contributed by atoms with Crippen molar-refractivity contribution in [1.29, 1.82) is 0 Å². The molecule has 0 heterocycles. The third-order valence-electron chi connectivity index (χ3n) is 4.50. The Morgan fingerprint density at radius 1 is 1.21 bits per heavy atom. The van der Waals surface area contributed by atoms with E-state index in [1.807, 2.05) is 12.1 Å². The standard InChI is InChI=1S/C19H19FN2O2/c20-17-9-8-13(18(21)23)10-16(17)19(24)22-11-14-6-3-5-12-4-1-2-7-15(12)14/h1-2,4,7-10,14H,3,5-6,11H2,(H2,21,23)(H,22,24). The number of carbonyl (C=O) groups excluding carboxylic acids is 2. The van der Waals surface area contributed by atoms with Gasteiger partial charge >= 0.3 is 0 Å². The highest BCUT2D eigenvalue weighted by Gasteiger charge is 2.21. The summed E-state index contributed by atoms with van der Waals surface area (Å²) in [6.07, 6.45) is 3.11. The third-order valence-corrected chi connectivity index (χ3v) is 4.50. The van der Waals surface area contributed by atoms with Crippen LogP contribution < -0.4 is 11.1 Å². The number of nitrogens with one attached hydrogen (secondary N) is 1. The van der Waals surface area contributed by atoms with E-state index >= 15 is 0 Å². The van der Waals surface area contributed by atoms with E-state index in [1.165, 1.54) is 23.3 Å². The van der Waals surface area contributed by atoms with E-state index in [2.05, 4.69) is 17.4 Å². The van der Waals surface area contributed by atoms with Gasteiger partial charge in [-0.05, 0) is 48.6 Å². The molecule has 1 aliphatic rings. The second-order valence-electron chi connectivity index (χ2n) is 6.06. The lowest BCUT2D eigenvalue weighted by Crippen LogP contribution is -2.30. The topological polar surface area (TPSA) is 72.2 Å². The molecule has 3 rings (SSSR count). The largest absolute Gasteiger partial charge is 0.366 e. The molecule has 0 aliphatic heterocycles. The zero-order chi connectivity index (χ0) is 17.1. The van der Waals surface area contributed by atoms with Gasteiger partial charge in [0.15, 0.2) is 0 Å². The Morgan fingerprint density at radius 3 is 2.79 bits per heavy atom. The van der Waals surface area contributed by atoms with Crippen molar-refractivity contribution >= 4 is 11.8 Å². The first kappa shape index (κ1) is 16.2. The summed E-state index contributed by atoms with van der Waals surface area (Å²) in [7, 11) is 0. The van der Waals surface area contributed by atoms with E-state index in [0.29, 0.717) is 6.54 Å². The monoisotopic (exact) mass is 326 g/mol. The molecule has 124 valence electrons. The van der Waals surface area contributed by atoms with Gasteiger partial charge in [-0.15, -0.1) is 0 Å². The van der Waals surface area contributed by atoms with E-state index in [0.717, 1.165) is 25.3 Å². The average molecular weight is 326 g/mol. The molecular weight excluding hydrogens is 307 g/mol. The second kappa shape index (κ2) is 6.83. The van der Waals surface area contributed by atoms with Gasteiger partial charge in [-0.1, -0.05) is 24.3 Å². The third kappa shape index (κ3) is 3.30. The lowest BCUT2D eigenvalue weighted by molar-refractivity contribution is 0.0946. The molecule has 5 heteroatoms. The van der Waals surface area contributed by atoms with Crippen molar-refractivity contribution in [3.05, 3.63) is 70.5 Å². The fourth-order valence-corrected chi connectivity index (χ4v) is 3.23. The van der Waals surface area contributed by atoms with E-state index in [4.69, 9.17) is 5.73 Å². The minimum atomic E-state index is -0.690. The van der Waals surface area contributed by atoms with Crippen molar-refractivity contribution in [2.75, 3.05) is 6.54 Å². The molecule has 0 spiro atoms. The Balaban J connectivity index is 1.73. The van der Waals surface area contributed by atoms with Crippen LogP contribution in [0.4, 0.5) is 4.39 Å². The van der Waals surface area contributed by atoms with Crippen LogP contribution in [0.2, 0.25) is 0 Å². The zero-order valence-electron chi connectivity index (χ0n) is 13.2. The quantitative estimate of drug-likeness (QED) is 0.907. The molecule has 2 amide bonds. The smallest absolute Gasteiger partial charge is 0.254 e. The molecule has 0 bridgehead atoms. The summed E-state index contributed by atoms with van der Waals surface area (Å²) in [5.41, 5.74) is 7.70. The van der Waals surface area contributed by atoms with E-state index < -0.39 is 17.6 Å². The number of amides is 2. The maximum Gasteiger partial charge on any atom is 0.254 e. The molecule has 2 aromatic carbocycles. The Labute approximate surface area is 139 Å². The molecule has 2 aromatic rings. The molecule has 1 aliphatic carbocycles. The molecule has 0 saturated carbocycles. The first-order valence-electron chi connectivity index (χ1n) is 8.01. The van der Waals surface area contributed by atoms with E-state index in [1.54, 1.807) is 0 Å². The maximum atomic E-state index is 13.9. The van der Waals surface area contributed by atoms with Gasteiger partial charge in [0.2, 0.25) is 5.91 Å². The van der Waals surface area contributed by atoms with Gasteiger partial charge in [0.1, 0.15) is 5.82 Å². The second-order valence-corrected chi connectivity index (χ2v) is 6.06. The number of benzene rings is 2. The molecule has 1 unspecified atom stereocenters. The number of aryl methyl sites for hydroxylation is 1. The van der Waals surface area contributed by atoms with Gasteiger partial charge in [0.25, 0.3) is 5.91 Å². The lowest BCUT2D eigenvalue weighted by atomic mass is 9.83. The van der Waals surface area contributed by atoms with Gasteiger partial charge in [0.05, 0.1) is 5.56 Å². The van der Waals surface area contributed by atoms with Crippen LogP contribution in [0.25, 0.3) is 0 Å². The summed E-state index contributed by atoms with van der Waals surface area (Å²) in [5, 5.41) is 2.79. The molecular formula is C19H19FN2O2. The van der Waals surface area contributed by atoms with Crippen molar-refractivity contribution < 1.29 is 14.0 Å². The molecule has 1 atom stereocenters. The highest BCUT2D eigenvalue weighted by Crippen LogP contribution is 2.30. The molecule has 24 heavy (non-hydrogen) atoms. The van der Waals surface area contributed by atoms with Gasteiger partial charge in [-0.2, -0.15) is 0 Å². The number of nitrogens with two attached hydrogens (primary N) is 1. The highest BCUT2D eigenvalue weighted by molar-refractivity contribution is 5.99. The van der Waals surface area contributed by atoms with Crippen LogP contribution in [0.15, 0.2) is 42.5 Å². The fraction of sp³-hybridized carbons (Fsp3) is 0.263. The SMILES string of the molecule is NC(=O)c1ccc(F)c(C(=O)NCC2CCCc3ccccc32)c1. The first-order valence-corrected chi connectivity index (χ1v) is 8.01.